The van der Waals surface area contributed by atoms with Gasteiger partial charge in [-0.25, -0.2) is 0 Å². The van der Waals surface area contributed by atoms with Crippen LogP contribution in [0.3, 0.4) is 0 Å². The van der Waals surface area contributed by atoms with E-state index in [0.717, 1.165) is 12.8 Å². The van der Waals surface area contributed by atoms with Gasteiger partial charge in [0.15, 0.2) is 0 Å². The van der Waals surface area contributed by atoms with Crippen LogP contribution < -0.4 is 10.6 Å². The third-order valence-corrected chi connectivity index (χ3v) is 4.64. The van der Waals surface area contributed by atoms with Gasteiger partial charge in [0.05, 0.1) is 5.54 Å². The van der Waals surface area contributed by atoms with Crippen molar-refractivity contribution in [2.75, 3.05) is 18.5 Å². The third kappa shape index (κ3) is 2.10. The van der Waals surface area contributed by atoms with Crippen molar-refractivity contribution in [1.29, 1.82) is 0 Å². The first-order valence-electron chi connectivity index (χ1n) is 7.22. The van der Waals surface area contributed by atoms with Gasteiger partial charge in [-0.3, -0.25) is 0 Å². The van der Waals surface area contributed by atoms with E-state index in [1.54, 1.807) is 0 Å². The van der Waals surface area contributed by atoms with Crippen molar-refractivity contribution in [3.63, 3.8) is 0 Å². The van der Waals surface area contributed by atoms with Gasteiger partial charge in [0.2, 0.25) is 0 Å². The summed E-state index contributed by atoms with van der Waals surface area (Å²) >= 11 is 0. The number of hydrogen-bond donors (Lipinski definition) is 1. The number of likely N-dealkylation sites (N-methyl/N-ethyl adjacent to an activating group) is 1. The molecule has 20 heavy (non-hydrogen) atoms. The molecule has 0 radical (unpaired) electrons. The molecular weight excluding hydrogens is 244 g/mol. The molecule has 1 aliphatic carbocycles. The first kappa shape index (κ1) is 13.2. The molecule has 0 bridgehead atoms. The fourth-order valence-electron chi connectivity index (χ4n) is 3.30. The van der Waals surface area contributed by atoms with Crippen molar-refractivity contribution < 1.29 is 0 Å². The molecule has 2 heteroatoms. The fraction of sp³-hybridized carbons (Fsp3) is 0.333. The second kappa shape index (κ2) is 4.95. The van der Waals surface area contributed by atoms with Gasteiger partial charge in [-0.05, 0) is 48.6 Å². The summed E-state index contributed by atoms with van der Waals surface area (Å²) in [5.41, 5.74) is 11.6. The summed E-state index contributed by atoms with van der Waals surface area (Å²) in [4.78, 5) is 2.38. The van der Waals surface area contributed by atoms with Crippen molar-refractivity contribution in [1.82, 2.24) is 0 Å². The first-order chi connectivity index (χ1) is 9.64. The van der Waals surface area contributed by atoms with E-state index in [-0.39, 0.29) is 5.54 Å². The van der Waals surface area contributed by atoms with E-state index >= 15 is 0 Å². The summed E-state index contributed by atoms with van der Waals surface area (Å²) in [6.07, 6.45) is 2.06. The maximum atomic E-state index is 6.18. The molecule has 2 aromatic carbocycles. The van der Waals surface area contributed by atoms with Crippen LogP contribution >= 0.6 is 0 Å². The van der Waals surface area contributed by atoms with Gasteiger partial charge >= 0.3 is 0 Å². The van der Waals surface area contributed by atoms with Gasteiger partial charge in [-0.2, -0.15) is 0 Å². The zero-order valence-corrected chi connectivity index (χ0v) is 12.3. The number of anilines is 1. The normalized spacial score (nSPS) is 15.9. The Morgan fingerprint density at radius 2 is 1.70 bits per heavy atom. The Bertz CT molecular complexity index is 593. The van der Waals surface area contributed by atoms with Gasteiger partial charge in [0.25, 0.3) is 0 Å². The minimum Gasteiger partial charge on any atom is -0.367 e. The number of rotatable bonds is 3. The number of aryl methyl sites for hydroxylation is 1. The molecule has 104 valence electrons. The average molecular weight is 266 g/mol. The molecule has 0 fully saturated rings. The summed E-state index contributed by atoms with van der Waals surface area (Å²) < 4.78 is 0. The molecule has 0 saturated heterocycles. The molecule has 0 spiro atoms. The molecule has 0 amide bonds. The summed E-state index contributed by atoms with van der Waals surface area (Å²) in [6.45, 7) is 2.81. The Balaban J connectivity index is 1.95. The molecule has 3 rings (SSSR count). The largest absolute Gasteiger partial charge is 0.367 e. The van der Waals surface area contributed by atoms with Crippen LogP contribution in [0.2, 0.25) is 0 Å². The molecule has 0 aliphatic heterocycles. The van der Waals surface area contributed by atoms with E-state index in [9.17, 15) is 0 Å². The van der Waals surface area contributed by atoms with Crippen molar-refractivity contribution in [3.8, 4) is 0 Å². The van der Waals surface area contributed by atoms with E-state index in [4.69, 9.17) is 5.73 Å². The summed E-state index contributed by atoms with van der Waals surface area (Å²) in [5, 5.41) is 0. The topological polar surface area (TPSA) is 29.3 Å². The predicted molar refractivity (Wildman–Crippen MR) is 85.2 cm³/mol. The Morgan fingerprint density at radius 1 is 1.05 bits per heavy atom. The maximum Gasteiger partial charge on any atom is 0.0601 e. The zero-order chi connectivity index (χ0) is 14.2. The van der Waals surface area contributed by atoms with E-state index in [2.05, 4.69) is 67.4 Å². The monoisotopic (exact) mass is 266 g/mol. The highest BCUT2D eigenvalue weighted by Crippen LogP contribution is 2.36. The molecule has 0 heterocycles. The molecule has 2 nitrogen and oxygen atoms in total. The average Bonchev–Trinajstić information content (AvgIpc) is 2.86. The second-order valence-electron chi connectivity index (χ2n) is 5.95. The fourth-order valence-corrected chi connectivity index (χ4v) is 3.30. The van der Waals surface area contributed by atoms with Crippen LogP contribution in [0.4, 0.5) is 5.69 Å². The van der Waals surface area contributed by atoms with Crippen molar-refractivity contribution >= 4 is 5.69 Å². The minimum absolute atomic E-state index is 0.0114. The standard InChI is InChI=1S/C18H22N2/c1-14-6-5-9-17(10-14)20(2)18(13-19)11-15-7-3-4-8-16(15)12-18/h3-10H,11-13,19H2,1-2H3. The molecule has 1 aliphatic rings. The molecule has 2 N–H and O–H groups in total. The zero-order valence-electron chi connectivity index (χ0n) is 12.3. The lowest BCUT2D eigenvalue weighted by Crippen LogP contribution is -2.53. The Kier molecular flexibility index (Phi) is 3.27. The van der Waals surface area contributed by atoms with Gasteiger partial charge in [-0.15, -0.1) is 0 Å². The van der Waals surface area contributed by atoms with Crippen LogP contribution in [0.25, 0.3) is 0 Å². The quantitative estimate of drug-likeness (QED) is 0.925. The maximum absolute atomic E-state index is 6.18. The molecule has 0 atom stereocenters. The van der Waals surface area contributed by atoms with Gasteiger partial charge in [-0.1, -0.05) is 36.4 Å². The number of nitrogens with two attached hydrogens (primary N) is 1. The minimum atomic E-state index is 0.0114. The van der Waals surface area contributed by atoms with Crippen LogP contribution in [0.15, 0.2) is 48.5 Å². The van der Waals surface area contributed by atoms with E-state index in [1.807, 2.05) is 0 Å². The molecule has 2 aromatic rings. The van der Waals surface area contributed by atoms with Crippen LogP contribution in [0, 0.1) is 6.92 Å². The lowest BCUT2D eigenvalue weighted by atomic mass is 9.93. The molecule has 0 unspecified atom stereocenters. The van der Waals surface area contributed by atoms with Crippen LogP contribution in [0.1, 0.15) is 16.7 Å². The van der Waals surface area contributed by atoms with E-state index in [0.29, 0.717) is 6.54 Å². The molecule has 0 saturated carbocycles. The Labute approximate surface area is 121 Å². The Hall–Kier alpha value is -1.80. The number of hydrogen-bond acceptors (Lipinski definition) is 2. The summed E-state index contributed by atoms with van der Waals surface area (Å²) in [6, 6.07) is 17.4. The van der Waals surface area contributed by atoms with Gasteiger partial charge < -0.3 is 10.6 Å². The molecule has 0 aromatic heterocycles. The lowest BCUT2D eigenvalue weighted by Gasteiger charge is -2.40. The SMILES string of the molecule is Cc1cccc(N(C)C2(CN)Cc3ccccc3C2)c1. The third-order valence-electron chi connectivity index (χ3n) is 4.64. The number of benzene rings is 2. The highest BCUT2D eigenvalue weighted by Gasteiger charge is 2.39. The summed E-state index contributed by atoms with van der Waals surface area (Å²) in [5.74, 6) is 0. The van der Waals surface area contributed by atoms with Gasteiger partial charge in [0, 0.05) is 19.3 Å². The Morgan fingerprint density at radius 3 is 2.25 bits per heavy atom. The number of nitrogens with zero attached hydrogens (tertiary/aromatic N) is 1. The first-order valence-corrected chi connectivity index (χ1v) is 7.22. The number of fused-ring (bicyclic) bond motifs is 1. The van der Waals surface area contributed by atoms with Crippen molar-refractivity contribution in [2.45, 2.75) is 25.3 Å². The highest BCUT2D eigenvalue weighted by molar-refractivity contribution is 5.53. The van der Waals surface area contributed by atoms with Crippen LogP contribution in [-0.2, 0) is 12.8 Å². The van der Waals surface area contributed by atoms with E-state index < -0.39 is 0 Å². The van der Waals surface area contributed by atoms with Crippen LogP contribution in [-0.4, -0.2) is 19.1 Å². The van der Waals surface area contributed by atoms with Crippen LogP contribution in [0.5, 0.6) is 0 Å². The van der Waals surface area contributed by atoms with Crippen molar-refractivity contribution in [3.05, 3.63) is 65.2 Å². The molecular formula is C18H22N2. The summed E-state index contributed by atoms with van der Waals surface area (Å²) in [7, 11) is 2.17. The smallest absolute Gasteiger partial charge is 0.0601 e. The highest BCUT2D eigenvalue weighted by atomic mass is 15.2. The lowest BCUT2D eigenvalue weighted by molar-refractivity contribution is 0.434. The van der Waals surface area contributed by atoms with Gasteiger partial charge in [0.1, 0.15) is 0 Å². The van der Waals surface area contributed by atoms with E-state index in [1.165, 1.54) is 22.4 Å². The van der Waals surface area contributed by atoms with Crippen molar-refractivity contribution in [2.24, 2.45) is 5.73 Å². The second-order valence-corrected chi connectivity index (χ2v) is 5.95. The predicted octanol–water partition coefficient (Wildman–Crippen LogP) is 2.93.